The number of ether oxygens (including phenoxy) is 1. The molecular weight excluding hydrogens is 613 g/mol. The van der Waals surface area contributed by atoms with E-state index in [-0.39, 0.29) is 17.2 Å². The minimum atomic E-state index is -5.22. The van der Waals surface area contributed by atoms with Crippen LogP contribution >= 0.6 is 0 Å². The number of rotatable bonds is 7. The van der Waals surface area contributed by atoms with Gasteiger partial charge < -0.3 is 25.8 Å². The van der Waals surface area contributed by atoms with Gasteiger partial charge in [-0.15, -0.1) is 0 Å². The molecule has 2 aliphatic heterocycles. The molecule has 10 nitrogen and oxygen atoms in total. The summed E-state index contributed by atoms with van der Waals surface area (Å²) in [5.74, 6) is -2.19. The van der Waals surface area contributed by atoms with Crippen molar-refractivity contribution < 1.29 is 36.6 Å². The van der Waals surface area contributed by atoms with Crippen LogP contribution in [0.25, 0.3) is 5.57 Å². The number of nitrogen functional groups attached to an aromatic ring is 1. The number of nitrogens with zero attached hydrogens (tertiary/aromatic N) is 5. The van der Waals surface area contributed by atoms with Crippen molar-refractivity contribution >= 4 is 23.3 Å². The number of carboxylic acids is 1. The number of anilines is 2. The Hall–Kier alpha value is -4.53. The second kappa shape index (κ2) is 11.7. The number of carboxylic acid groups (broad SMARTS) is 1. The molecular formula is C31H32F5N7O3. The van der Waals surface area contributed by atoms with E-state index in [4.69, 9.17) is 10.5 Å². The molecule has 2 aromatic heterocycles. The molecule has 0 radical (unpaired) electrons. The first-order valence-corrected chi connectivity index (χ1v) is 14.7. The SMILES string of the molecule is Cc1ccn(C2C=C(c3cccc(F)c3)C=CC2(F)[C@@H](Oc2cc(N3CCC4(CC3)CN[C@H](C(=O)O)C4)nc(N)n2)C(F)(F)F)n1. The zero-order valence-corrected chi connectivity index (χ0v) is 24.7. The van der Waals surface area contributed by atoms with E-state index >= 15 is 4.39 Å². The summed E-state index contributed by atoms with van der Waals surface area (Å²) in [6.45, 7) is 3.04. The topological polar surface area (TPSA) is 131 Å². The molecule has 2 saturated heterocycles. The molecule has 0 saturated carbocycles. The van der Waals surface area contributed by atoms with Crippen LogP contribution in [0, 0.1) is 18.2 Å². The summed E-state index contributed by atoms with van der Waals surface area (Å²) in [6, 6.07) is 5.89. The lowest BCUT2D eigenvalue weighted by molar-refractivity contribution is -0.229. The molecule has 2 unspecified atom stereocenters. The lowest BCUT2D eigenvalue weighted by Crippen LogP contribution is -2.55. The molecule has 4 N–H and O–H groups in total. The van der Waals surface area contributed by atoms with Crippen LogP contribution in [-0.4, -0.2) is 74.4 Å². The lowest BCUT2D eigenvalue weighted by Gasteiger charge is -2.40. The normalized spacial score (nSPS) is 25.0. The van der Waals surface area contributed by atoms with Crippen LogP contribution < -0.4 is 20.7 Å². The summed E-state index contributed by atoms with van der Waals surface area (Å²) in [4.78, 5) is 21.3. The van der Waals surface area contributed by atoms with Crippen molar-refractivity contribution in [3.63, 3.8) is 0 Å². The fraction of sp³-hybridized carbons (Fsp3) is 0.419. The number of hydrogen-bond acceptors (Lipinski definition) is 8. The fourth-order valence-electron chi connectivity index (χ4n) is 6.50. The molecule has 1 spiro atoms. The zero-order valence-electron chi connectivity index (χ0n) is 24.7. The Morgan fingerprint density at radius 3 is 2.59 bits per heavy atom. The molecule has 244 valence electrons. The van der Waals surface area contributed by atoms with Crippen molar-refractivity contribution in [1.82, 2.24) is 25.1 Å². The number of allylic oxidation sites excluding steroid dienone is 3. The van der Waals surface area contributed by atoms with E-state index in [0.29, 0.717) is 55.7 Å². The number of aryl methyl sites for hydroxylation is 1. The monoisotopic (exact) mass is 645 g/mol. The average Bonchev–Trinajstić information content (AvgIpc) is 3.62. The summed E-state index contributed by atoms with van der Waals surface area (Å²) in [7, 11) is 0. The van der Waals surface area contributed by atoms with Crippen LogP contribution in [0.2, 0.25) is 0 Å². The van der Waals surface area contributed by atoms with Gasteiger partial charge >= 0.3 is 12.1 Å². The number of halogens is 5. The molecule has 3 aliphatic rings. The third-order valence-electron chi connectivity index (χ3n) is 8.94. The maximum Gasteiger partial charge on any atom is 0.429 e. The third-order valence-corrected chi connectivity index (χ3v) is 8.94. The summed E-state index contributed by atoms with van der Waals surface area (Å²) in [6.07, 6.45) is -2.00. The first-order chi connectivity index (χ1) is 21.7. The molecule has 4 atom stereocenters. The van der Waals surface area contributed by atoms with Crippen LogP contribution in [0.1, 0.15) is 36.6 Å². The second-order valence-electron chi connectivity index (χ2n) is 12.1. The summed E-state index contributed by atoms with van der Waals surface area (Å²) in [5.41, 5.74) is 3.56. The highest BCUT2D eigenvalue weighted by Gasteiger charge is 2.60. The smallest absolute Gasteiger partial charge is 0.429 e. The van der Waals surface area contributed by atoms with Gasteiger partial charge in [0, 0.05) is 31.9 Å². The van der Waals surface area contributed by atoms with Gasteiger partial charge in [0.1, 0.15) is 23.7 Å². The average molecular weight is 646 g/mol. The maximum absolute atomic E-state index is 17.1. The molecule has 2 fully saturated rings. The largest absolute Gasteiger partial charge is 0.480 e. The van der Waals surface area contributed by atoms with Gasteiger partial charge in [0.15, 0.2) is 0 Å². The molecule has 1 aromatic carbocycles. The summed E-state index contributed by atoms with van der Waals surface area (Å²) < 4.78 is 81.9. The predicted octanol–water partition coefficient (Wildman–Crippen LogP) is 4.65. The van der Waals surface area contributed by atoms with Crippen molar-refractivity contribution in [2.24, 2.45) is 5.41 Å². The maximum atomic E-state index is 17.1. The van der Waals surface area contributed by atoms with Crippen LogP contribution in [0.3, 0.4) is 0 Å². The number of hydrogen-bond donors (Lipinski definition) is 3. The first kappa shape index (κ1) is 31.5. The Labute approximate surface area is 260 Å². The van der Waals surface area contributed by atoms with Crippen LogP contribution in [0.5, 0.6) is 5.88 Å². The highest BCUT2D eigenvalue weighted by atomic mass is 19.4. The third kappa shape index (κ3) is 6.15. The fourth-order valence-corrected chi connectivity index (χ4v) is 6.50. The van der Waals surface area contributed by atoms with Crippen molar-refractivity contribution in [3.8, 4) is 5.88 Å². The van der Waals surface area contributed by atoms with Gasteiger partial charge in [-0.3, -0.25) is 9.48 Å². The highest BCUT2D eigenvalue weighted by Crippen LogP contribution is 2.46. The number of aromatic nitrogens is 4. The van der Waals surface area contributed by atoms with E-state index in [1.165, 1.54) is 48.7 Å². The molecule has 15 heteroatoms. The van der Waals surface area contributed by atoms with E-state index < -0.39 is 47.7 Å². The van der Waals surface area contributed by atoms with Crippen molar-refractivity contribution in [2.75, 3.05) is 30.3 Å². The highest BCUT2D eigenvalue weighted by molar-refractivity contribution is 5.76. The van der Waals surface area contributed by atoms with Gasteiger partial charge in [-0.05, 0) is 73.1 Å². The van der Waals surface area contributed by atoms with Crippen molar-refractivity contribution in [2.45, 2.75) is 56.2 Å². The molecule has 6 rings (SSSR count). The van der Waals surface area contributed by atoms with Gasteiger partial charge in [0.05, 0.1) is 5.69 Å². The Kier molecular flexibility index (Phi) is 7.99. The minimum absolute atomic E-state index is 0.207. The van der Waals surface area contributed by atoms with E-state index in [1.54, 1.807) is 13.0 Å². The first-order valence-electron chi connectivity index (χ1n) is 14.7. The molecule has 4 heterocycles. The van der Waals surface area contributed by atoms with Gasteiger partial charge in [-0.2, -0.15) is 28.2 Å². The van der Waals surface area contributed by atoms with Gasteiger partial charge in [0.25, 0.3) is 0 Å². The van der Waals surface area contributed by atoms with Gasteiger partial charge in [-0.1, -0.05) is 18.2 Å². The van der Waals surface area contributed by atoms with Crippen molar-refractivity contribution in [1.29, 1.82) is 0 Å². The summed E-state index contributed by atoms with van der Waals surface area (Å²) >= 11 is 0. The Bertz CT molecular complexity index is 1680. The number of alkyl halides is 4. The van der Waals surface area contributed by atoms with Crippen LogP contribution in [0.4, 0.5) is 33.7 Å². The molecule has 0 amide bonds. The Morgan fingerprint density at radius 2 is 1.96 bits per heavy atom. The van der Waals surface area contributed by atoms with E-state index in [0.717, 1.165) is 10.8 Å². The minimum Gasteiger partial charge on any atom is -0.480 e. The number of nitrogens with two attached hydrogens (primary N) is 1. The number of aliphatic carboxylic acids is 1. The van der Waals surface area contributed by atoms with Crippen LogP contribution in [-0.2, 0) is 4.79 Å². The zero-order chi connectivity index (χ0) is 32.9. The Morgan fingerprint density at radius 1 is 1.20 bits per heavy atom. The van der Waals surface area contributed by atoms with E-state index in [1.807, 2.05) is 4.90 Å². The number of carbonyl (C=O) groups is 1. The van der Waals surface area contributed by atoms with E-state index in [9.17, 15) is 27.5 Å². The second-order valence-corrected chi connectivity index (χ2v) is 12.1. The van der Waals surface area contributed by atoms with Gasteiger partial charge in [-0.25, -0.2) is 8.78 Å². The number of piperidine rings is 1. The van der Waals surface area contributed by atoms with E-state index in [2.05, 4.69) is 20.4 Å². The molecule has 3 aromatic rings. The number of nitrogens with one attached hydrogen (secondary N) is 1. The standard InChI is InChI=1S/C31H32F5N7O3/c1-18-6-10-43(41-18)23-14-20(19-3-2-4-21(32)13-19)5-7-30(23,33)27(31(34,35)36)46-25-15-24(39-28(37)40-25)42-11-8-29(9-12-42)16-22(26(44)45)38-17-29/h2-7,10,13-15,22-23,27,38H,8-9,11-12,16-17H2,1H3,(H,44,45)(H2,37,39,40)/t22-,23?,27+,30?/m0/s1. The van der Waals surface area contributed by atoms with Gasteiger partial charge in [0.2, 0.25) is 23.6 Å². The molecule has 0 bridgehead atoms. The Balaban J connectivity index is 1.29. The summed E-state index contributed by atoms with van der Waals surface area (Å²) in [5, 5.41) is 16.6. The quantitative estimate of drug-likeness (QED) is 0.315. The molecule has 46 heavy (non-hydrogen) atoms. The van der Waals surface area contributed by atoms with Crippen LogP contribution in [0.15, 0.2) is 60.8 Å². The lowest BCUT2D eigenvalue weighted by atomic mass is 9.76. The number of benzene rings is 1. The molecule has 1 aliphatic carbocycles. The van der Waals surface area contributed by atoms with Crippen molar-refractivity contribution in [3.05, 3.63) is 77.9 Å². The predicted molar refractivity (Wildman–Crippen MR) is 158 cm³/mol.